The van der Waals surface area contributed by atoms with Crippen molar-refractivity contribution in [2.75, 3.05) is 30.0 Å². The van der Waals surface area contributed by atoms with Gasteiger partial charge in [0.2, 0.25) is 5.91 Å². The Labute approximate surface area is 219 Å². The van der Waals surface area contributed by atoms with Gasteiger partial charge in [-0.15, -0.1) is 11.3 Å². The second-order valence-corrected chi connectivity index (χ2v) is 11.1. The Morgan fingerprint density at radius 2 is 1.97 bits per heavy atom. The summed E-state index contributed by atoms with van der Waals surface area (Å²) < 4.78 is 11.0. The van der Waals surface area contributed by atoms with Crippen molar-refractivity contribution in [2.24, 2.45) is 0 Å². The third kappa shape index (κ3) is 7.78. The van der Waals surface area contributed by atoms with Crippen molar-refractivity contribution in [1.82, 2.24) is 5.32 Å². The van der Waals surface area contributed by atoms with E-state index in [4.69, 9.17) is 21.1 Å². The van der Waals surface area contributed by atoms with Gasteiger partial charge in [0.15, 0.2) is 0 Å². The minimum atomic E-state index is -0.994. The average Bonchev–Trinajstić information content (AvgIpc) is 3.22. The van der Waals surface area contributed by atoms with Gasteiger partial charge in [-0.05, 0) is 70.0 Å². The molecule has 1 aliphatic heterocycles. The predicted octanol–water partition coefficient (Wildman–Crippen LogP) is 3.93. The van der Waals surface area contributed by atoms with Crippen LogP contribution in [0, 0.1) is 6.92 Å². The summed E-state index contributed by atoms with van der Waals surface area (Å²) >= 11 is 7.03. The highest BCUT2D eigenvalue weighted by Gasteiger charge is 2.26. The van der Waals surface area contributed by atoms with E-state index in [0.29, 0.717) is 28.1 Å². The van der Waals surface area contributed by atoms with Crippen LogP contribution in [0.4, 0.5) is 11.4 Å². The molecule has 1 atom stereocenters. The number of aryl methyl sites for hydroxylation is 1. The monoisotopic (exact) mass is 535 g/mol. The molecule has 1 aromatic carbocycles. The first-order chi connectivity index (χ1) is 16.9. The van der Waals surface area contributed by atoms with E-state index >= 15 is 0 Å². The van der Waals surface area contributed by atoms with Crippen molar-refractivity contribution < 1.29 is 28.7 Å². The molecule has 11 heteroatoms. The second-order valence-electron chi connectivity index (χ2n) is 9.34. The summed E-state index contributed by atoms with van der Waals surface area (Å²) in [5.41, 5.74) is 1.38. The normalized spacial score (nSPS) is 14.8. The summed E-state index contributed by atoms with van der Waals surface area (Å²) in [6, 6.07) is 7.37. The quantitative estimate of drug-likeness (QED) is 0.495. The molecule has 3 amide bonds. The predicted molar refractivity (Wildman–Crippen MR) is 139 cm³/mol. The molecule has 3 rings (SSSR count). The maximum Gasteiger partial charge on any atom is 0.306 e. The molecule has 2 N–H and O–H groups in total. The first-order valence-corrected chi connectivity index (χ1v) is 12.7. The van der Waals surface area contributed by atoms with Crippen molar-refractivity contribution in [2.45, 2.75) is 52.2 Å². The van der Waals surface area contributed by atoms with Gasteiger partial charge in [0, 0.05) is 24.3 Å². The van der Waals surface area contributed by atoms with Gasteiger partial charge in [-0.25, -0.2) is 0 Å². The number of carbonyl (C=O) groups is 4. The van der Waals surface area contributed by atoms with Gasteiger partial charge >= 0.3 is 5.97 Å². The first kappa shape index (κ1) is 27.6. The smallest absolute Gasteiger partial charge is 0.306 e. The van der Waals surface area contributed by atoms with Crippen LogP contribution in [0.3, 0.4) is 0 Å². The number of anilines is 2. The topological polar surface area (TPSA) is 114 Å². The van der Waals surface area contributed by atoms with Crippen molar-refractivity contribution in [1.29, 1.82) is 0 Å². The van der Waals surface area contributed by atoms with E-state index in [1.54, 1.807) is 56.0 Å². The van der Waals surface area contributed by atoms with Crippen LogP contribution in [0.5, 0.6) is 0 Å². The number of rotatable bonds is 8. The number of esters is 1. The maximum atomic E-state index is 13.2. The third-order valence-electron chi connectivity index (χ3n) is 5.22. The lowest BCUT2D eigenvalue weighted by atomic mass is 10.1. The minimum absolute atomic E-state index is 0.0341. The Balaban J connectivity index is 1.72. The van der Waals surface area contributed by atoms with Crippen LogP contribution in [-0.4, -0.2) is 55.1 Å². The molecule has 1 aliphatic rings. The second kappa shape index (κ2) is 11.9. The lowest BCUT2D eigenvalue weighted by molar-refractivity contribution is -0.155. The molecule has 0 unspecified atom stereocenters. The fourth-order valence-electron chi connectivity index (χ4n) is 3.63. The van der Waals surface area contributed by atoms with Crippen LogP contribution in [0.25, 0.3) is 0 Å². The molecule has 0 aliphatic carbocycles. The molecule has 2 aromatic rings. The number of thiophene rings is 1. The zero-order valence-corrected chi connectivity index (χ0v) is 22.3. The summed E-state index contributed by atoms with van der Waals surface area (Å²) in [4.78, 5) is 52.3. The molecule has 36 heavy (non-hydrogen) atoms. The number of amides is 3. The third-order valence-corrected chi connectivity index (χ3v) is 6.45. The van der Waals surface area contributed by atoms with Crippen LogP contribution in [0.15, 0.2) is 30.3 Å². The van der Waals surface area contributed by atoms with Crippen LogP contribution in [0.1, 0.15) is 48.8 Å². The van der Waals surface area contributed by atoms with Crippen molar-refractivity contribution in [3.63, 3.8) is 0 Å². The molecular formula is C25H30ClN3O6S. The Bertz CT molecular complexity index is 1140. The Morgan fingerprint density at radius 3 is 2.58 bits per heavy atom. The summed E-state index contributed by atoms with van der Waals surface area (Å²) in [5, 5.41) is 5.50. The van der Waals surface area contributed by atoms with E-state index in [1.807, 2.05) is 6.92 Å². The van der Waals surface area contributed by atoms with Gasteiger partial charge in [0.25, 0.3) is 11.8 Å². The van der Waals surface area contributed by atoms with Crippen molar-refractivity contribution in [3.8, 4) is 0 Å². The van der Waals surface area contributed by atoms with E-state index in [9.17, 15) is 19.2 Å². The molecule has 0 saturated carbocycles. The molecule has 9 nitrogen and oxygen atoms in total. The molecule has 1 aromatic heterocycles. The van der Waals surface area contributed by atoms with Crippen molar-refractivity contribution >= 4 is 58.0 Å². The lowest BCUT2D eigenvalue weighted by Crippen LogP contribution is -2.44. The molecule has 0 radical (unpaired) electrons. The van der Waals surface area contributed by atoms with Gasteiger partial charge in [0.05, 0.1) is 15.8 Å². The van der Waals surface area contributed by atoms with Crippen LogP contribution >= 0.6 is 22.9 Å². The molecule has 0 spiro atoms. The number of morpholine rings is 1. The number of carbonyl (C=O) groups excluding carboxylic acids is 4. The summed E-state index contributed by atoms with van der Waals surface area (Å²) in [6.45, 7) is 8.06. The maximum absolute atomic E-state index is 13.2. The van der Waals surface area contributed by atoms with E-state index < -0.39 is 29.4 Å². The van der Waals surface area contributed by atoms with Gasteiger partial charge in [-0.2, -0.15) is 0 Å². The lowest BCUT2D eigenvalue weighted by Gasteiger charge is -2.28. The summed E-state index contributed by atoms with van der Waals surface area (Å²) in [5.74, 6) is -1.54. The van der Waals surface area contributed by atoms with E-state index in [0.717, 1.165) is 22.6 Å². The molecule has 194 valence electrons. The van der Waals surface area contributed by atoms with Crippen LogP contribution in [0.2, 0.25) is 4.34 Å². The van der Waals surface area contributed by atoms with Gasteiger partial charge in [-0.1, -0.05) is 11.6 Å². The highest BCUT2D eigenvalue weighted by Crippen LogP contribution is 2.25. The number of halogens is 1. The molecule has 1 saturated heterocycles. The van der Waals surface area contributed by atoms with Crippen LogP contribution < -0.4 is 15.5 Å². The highest BCUT2D eigenvalue weighted by atomic mass is 35.5. The SMILES string of the molecule is Cc1cc(NC(=O)[C@@H](CCC(=O)OC(C)(C)C)NC(=O)c2ccc(Cl)s2)ccc1N1CCOCC1=O. The molecule has 2 heterocycles. The fraction of sp³-hybridized carbons (Fsp3) is 0.440. The van der Waals surface area contributed by atoms with Gasteiger partial charge in [0.1, 0.15) is 18.2 Å². The number of hydrogen-bond acceptors (Lipinski definition) is 7. The zero-order chi connectivity index (χ0) is 26.5. The van der Waals surface area contributed by atoms with Gasteiger partial charge < -0.3 is 25.0 Å². The number of nitrogens with one attached hydrogen (secondary N) is 2. The largest absolute Gasteiger partial charge is 0.460 e. The Hall–Kier alpha value is -2.95. The zero-order valence-electron chi connectivity index (χ0n) is 20.7. The minimum Gasteiger partial charge on any atom is -0.460 e. The van der Waals surface area contributed by atoms with Crippen LogP contribution in [-0.2, 0) is 23.9 Å². The summed E-state index contributed by atoms with van der Waals surface area (Å²) in [7, 11) is 0. The van der Waals surface area contributed by atoms with Crippen molar-refractivity contribution in [3.05, 3.63) is 45.1 Å². The number of hydrogen-bond donors (Lipinski definition) is 2. The Morgan fingerprint density at radius 1 is 1.22 bits per heavy atom. The van der Waals surface area contributed by atoms with Gasteiger partial charge in [-0.3, -0.25) is 19.2 Å². The molecule has 1 fully saturated rings. The fourth-order valence-corrected chi connectivity index (χ4v) is 4.57. The summed E-state index contributed by atoms with van der Waals surface area (Å²) in [6.07, 6.45) is -0.0110. The Kier molecular flexibility index (Phi) is 9.10. The standard InChI is InChI=1S/C25H30ClN3O6S/c1-15-13-16(5-7-18(15)29-11-12-34-14-21(29)30)27-23(32)17(6-10-22(31)35-25(2,3)4)28-24(33)19-8-9-20(26)36-19/h5,7-9,13,17H,6,10-12,14H2,1-4H3,(H,27,32)(H,28,33)/t17-/m1/s1. The number of nitrogens with zero attached hydrogens (tertiary/aromatic N) is 1. The van der Waals surface area contributed by atoms with E-state index in [1.165, 1.54) is 0 Å². The van der Waals surface area contributed by atoms with E-state index in [2.05, 4.69) is 10.6 Å². The molecule has 0 bridgehead atoms. The van der Waals surface area contributed by atoms with E-state index in [-0.39, 0.29) is 25.4 Å². The highest BCUT2D eigenvalue weighted by molar-refractivity contribution is 7.18. The average molecular weight is 536 g/mol. The molecular weight excluding hydrogens is 506 g/mol. The first-order valence-electron chi connectivity index (χ1n) is 11.5. The number of benzene rings is 1. The number of ether oxygens (including phenoxy) is 2.